The minimum Gasteiger partial charge on any atom is -0.439 e. The zero-order valence-electron chi connectivity index (χ0n) is 10.7. The normalized spacial score (nSPS) is 14.4. The molecule has 1 aliphatic heterocycles. The molecule has 1 aromatic rings. The van der Waals surface area contributed by atoms with Crippen molar-refractivity contribution < 1.29 is 19.1 Å². The summed E-state index contributed by atoms with van der Waals surface area (Å²) in [5.41, 5.74) is 2.20. The molecule has 0 saturated heterocycles. The van der Waals surface area contributed by atoms with Crippen molar-refractivity contribution in [2.24, 2.45) is 10.3 Å². The van der Waals surface area contributed by atoms with Gasteiger partial charge in [-0.1, -0.05) is 29.4 Å². The number of hydrogen-bond acceptors (Lipinski definition) is 6. The molecule has 0 aliphatic carbocycles. The lowest BCUT2D eigenvalue weighted by Crippen LogP contribution is -2.21. The highest BCUT2D eigenvalue weighted by Gasteiger charge is 2.19. The molecule has 0 bridgehead atoms. The first-order chi connectivity index (χ1) is 9.36. The number of nitrogens with zero attached hydrogens (tertiary/aromatic N) is 2. The van der Waals surface area contributed by atoms with Crippen molar-refractivity contribution in [3.63, 3.8) is 0 Å². The van der Waals surface area contributed by atoms with Gasteiger partial charge in [0.05, 0.1) is 6.61 Å². The second-order valence-electron chi connectivity index (χ2n) is 3.60. The van der Waals surface area contributed by atoms with Gasteiger partial charge in [0.25, 0.3) is 5.90 Å². The SMILES string of the molecule is COCc1ccccc1/C(=N\OC)C1=NOC=CO1. The van der Waals surface area contributed by atoms with Crippen LogP contribution in [0.4, 0.5) is 0 Å². The third-order valence-corrected chi connectivity index (χ3v) is 2.39. The fourth-order valence-electron chi connectivity index (χ4n) is 1.64. The summed E-state index contributed by atoms with van der Waals surface area (Å²) in [5.74, 6) is 0.230. The van der Waals surface area contributed by atoms with E-state index in [1.165, 1.54) is 19.6 Å². The lowest BCUT2D eigenvalue weighted by atomic mass is 10.0. The van der Waals surface area contributed by atoms with Crippen LogP contribution in [0.25, 0.3) is 0 Å². The van der Waals surface area contributed by atoms with E-state index in [1.807, 2.05) is 24.3 Å². The van der Waals surface area contributed by atoms with Crippen molar-refractivity contribution >= 4 is 11.6 Å². The van der Waals surface area contributed by atoms with Crippen LogP contribution in [0.15, 0.2) is 47.1 Å². The van der Waals surface area contributed by atoms with Crippen LogP contribution in [-0.2, 0) is 25.8 Å². The summed E-state index contributed by atoms with van der Waals surface area (Å²) in [5, 5.41) is 7.73. The molecule has 0 N–H and O–H groups in total. The Hall–Kier alpha value is -2.34. The van der Waals surface area contributed by atoms with E-state index in [-0.39, 0.29) is 5.90 Å². The third-order valence-electron chi connectivity index (χ3n) is 2.39. The molecule has 6 heteroatoms. The minimum atomic E-state index is 0.230. The summed E-state index contributed by atoms with van der Waals surface area (Å²) in [6.45, 7) is 0.447. The first-order valence-corrected chi connectivity index (χ1v) is 5.61. The van der Waals surface area contributed by atoms with Crippen LogP contribution in [0.1, 0.15) is 11.1 Å². The van der Waals surface area contributed by atoms with Crippen molar-refractivity contribution in [3.8, 4) is 0 Å². The Balaban J connectivity index is 2.39. The monoisotopic (exact) mass is 262 g/mol. The van der Waals surface area contributed by atoms with E-state index in [0.717, 1.165) is 11.1 Å². The molecule has 0 amide bonds. The van der Waals surface area contributed by atoms with Crippen LogP contribution in [0, 0.1) is 0 Å². The molecule has 0 fully saturated rings. The van der Waals surface area contributed by atoms with Crippen LogP contribution < -0.4 is 0 Å². The molecule has 0 atom stereocenters. The van der Waals surface area contributed by atoms with Crippen molar-refractivity contribution in [1.29, 1.82) is 0 Å². The number of hydrogen-bond donors (Lipinski definition) is 0. The van der Waals surface area contributed by atoms with E-state index >= 15 is 0 Å². The van der Waals surface area contributed by atoms with Gasteiger partial charge in [0.15, 0.2) is 12.0 Å². The van der Waals surface area contributed by atoms with Crippen LogP contribution in [0.5, 0.6) is 0 Å². The van der Waals surface area contributed by atoms with Gasteiger partial charge in [-0.15, -0.1) is 0 Å². The lowest BCUT2D eigenvalue weighted by Gasteiger charge is -2.13. The fourth-order valence-corrected chi connectivity index (χ4v) is 1.64. The highest BCUT2D eigenvalue weighted by Crippen LogP contribution is 2.14. The number of rotatable bonds is 5. The van der Waals surface area contributed by atoms with Gasteiger partial charge in [-0.3, -0.25) is 0 Å². The van der Waals surface area contributed by atoms with Crippen LogP contribution >= 0.6 is 0 Å². The van der Waals surface area contributed by atoms with Gasteiger partial charge in [-0.05, 0) is 10.7 Å². The van der Waals surface area contributed by atoms with Crippen molar-refractivity contribution in [1.82, 2.24) is 0 Å². The standard InChI is InChI=1S/C13H14N2O4/c1-16-9-10-5-3-4-6-11(10)12(14-17-2)13-15-19-8-7-18-13/h3-8H,9H2,1-2H3/b14-12+. The van der Waals surface area contributed by atoms with Crippen molar-refractivity contribution in [2.45, 2.75) is 6.61 Å². The molecule has 1 aliphatic rings. The van der Waals surface area contributed by atoms with Gasteiger partial charge in [-0.25, -0.2) is 0 Å². The average molecular weight is 262 g/mol. The Kier molecular flexibility index (Phi) is 4.52. The molecular formula is C13H14N2O4. The van der Waals surface area contributed by atoms with Gasteiger partial charge < -0.3 is 19.1 Å². The Morgan fingerprint density at radius 1 is 1.26 bits per heavy atom. The summed E-state index contributed by atoms with van der Waals surface area (Å²) >= 11 is 0. The lowest BCUT2D eigenvalue weighted by molar-refractivity contribution is 0.184. The van der Waals surface area contributed by atoms with E-state index < -0.39 is 0 Å². The summed E-state index contributed by atoms with van der Waals surface area (Å²) < 4.78 is 10.4. The summed E-state index contributed by atoms with van der Waals surface area (Å²) in [4.78, 5) is 9.70. The highest BCUT2D eigenvalue weighted by atomic mass is 16.7. The molecule has 0 saturated carbocycles. The van der Waals surface area contributed by atoms with E-state index in [2.05, 4.69) is 10.3 Å². The summed E-state index contributed by atoms with van der Waals surface area (Å²) in [7, 11) is 3.09. The van der Waals surface area contributed by atoms with Gasteiger partial charge in [0.2, 0.25) is 0 Å². The first-order valence-electron chi connectivity index (χ1n) is 5.61. The van der Waals surface area contributed by atoms with Gasteiger partial charge in [0, 0.05) is 12.7 Å². The number of ether oxygens (including phenoxy) is 2. The predicted octanol–water partition coefficient (Wildman–Crippen LogP) is 2.02. The maximum absolute atomic E-state index is 5.27. The molecule has 0 unspecified atom stereocenters. The minimum absolute atomic E-state index is 0.230. The first kappa shape index (κ1) is 13.1. The molecule has 1 heterocycles. The molecule has 2 rings (SSSR count). The zero-order chi connectivity index (χ0) is 13.5. The molecule has 100 valence electrons. The molecule has 0 radical (unpaired) electrons. The maximum atomic E-state index is 5.27. The molecule has 19 heavy (non-hydrogen) atoms. The Bertz CT molecular complexity index is 523. The molecular weight excluding hydrogens is 248 g/mol. The van der Waals surface area contributed by atoms with Crippen LogP contribution in [0.2, 0.25) is 0 Å². The van der Waals surface area contributed by atoms with E-state index in [9.17, 15) is 0 Å². The van der Waals surface area contributed by atoms with Crippen molar-refractivity contribution in [2.75, 3.05) is 14.2 Å². The van der Waals surface area contributed by atoms with Gasteiger partial charge in [-0.2, -0.15) is 0 Å². The molecule has 1 aromatic carbocycles. The Morgan fingerprint density at radius 3 is 2.79 bits per heavy atom. The Morgan fingerprint density at radius 2 is 2.11 bits per heavy atom. The number of benzene rings is 1. The van der Waals surface area contributed by atoms with E-state index in [0.29, 0.717) is 12.3 Å². The summed E-state index contributed by atoms with van der Waals surface area (Å²) in [6, 6.07) is 7.63. The summed E-state index contributed by atoms with van der Waals surface area (Å²) in [6.07, 6.45) is 2.71. The quantitative estimate of drug-likeness (QED) is 0.601. The van der Waals surface area contributed by atoms with Crippen LogP contribution in [0.3, 0.4) is 0 Å². The van der Waals surface area contributed by atoms with E-state index in [4.69, 9.17) is 19.1 Å². The molecule has 0 aromatic heterocycles. The largest absolute Gasteiger partial charge is 0.439 e. The zero-order valence-corrected chi connectivity index (χ0v) is 10.7. The molecule has 6 nitrogen and oxygen atoms in total. The van der Waals surface area contributed by atoms with E-state index in [1.54, 1.807) is 7.11 Å². The number of oxime groups is 2. The predicted molar refractivity (Wildman–Crippen MR) is 69.4 cm³/mol. The maximum Gasteiger partial charge on any atom is 0.286 e. The number of methoxy groups -OCH3 is 1. The highest BCUT2D eigenvalue weighted by molar-refractivity contribution is 6.45. The Labute approximate surface area is 110 Å². The topological polar surface area (TPSA) is 61.6 Å². The molecule has 0 spiro atoms. The fraction of sp³-hybridized carbons (Fsp3) is 0.231. The average Bonchev–Trinajstić information content (AvgIpc) is 2.47. The second kappa shape index (κ2) is 6.55. The second-order valence-corrected chi connectivity index (χ2v) is 3.60. The third kappa shape index (κ3) is 3.11. The van der Waals surface area contributed by atoms with Crippen molar-refractivity contribution in [3.05, 3.63) is 47.9 Å². The van der Waals surface area contributed by atoms with Gasteiger partial charge in [0.1, 0.15) is 13.4 Å². The van der Waals surface area contributed by atoms with Crippen LogP contribution in [-0.4, -0.2) is 25.8 Å². The van der Waals surface area contributed by atoms with Gasteiger partial charge >= 0.3 is 0 Å². The smallest absolute Gasteiger partial charge is 0.286 e.